The molecule has 2 N–H and O–H groups in total. The van der Waals surface area contributed by atoms with Gasteiger partial charge in [0.15, 0.2) is 0 Å². The van der Waals surface area contributed by atoms with Crippen LogP contribution in [0.4, 0.5) is 4.79 Å². The number of hydrogen-bond acceptors (Lipinski definition) is 7. The minimum absolute atomic E-state index is 0.0253. The highest BCUT2D eigenvalue weighted by atomic mass is 32.1. The van der Waals surface area contributed by atoms with Crippen molar-refractivity contribution in [3.05, 3.63) is 16.3 Å². The van der Waals surface area contributed by atoms with E-state index in [4.69, 9.17) is 13.8 Å². The van der Waals surface area contributed by atoms with E-state index in [-0.39, 0.29) is 19.6 Å². The number of nitrogens with one attached hydrogen (secondary N) is 1. The van der Waals surface area contributed by atoms with Gasteiger partial charge in [-0.1, -0.05) is 0 Å². The van der Waals surface area contributed by atoms with E-state index in [1.807, 2.05) is 0 Å². The molecule has 10 heteroatoms. The maximum atomic E-state index is 12.7. The van der Waals surface area contributed by atoms with Gasteiger partial charge in [0, 0.05) is 16.7 Å². The van der Waals surface area contributed by atoms with E-state index in [0.717, 1.165) is 0 Å². The van der Waals surface area contributed by atoms with Crippen molar-refractivity contribution in [2.45, 2.75) is 52.7 Å². The van der Waals surface area contributed by atoms with Crippen LogP contribution in [0.1, 0.15) is 39.5 Å². The van der Waals surface area contributed by atoms with Crippen LogP contribution in [0.5, 0.6) is 0 Å². The van der Waals surface area contributed by atoms with Crippen molar-refractivity contribution in [3.63, 3.8) is 0 Å². The summed E-state index contributed by atoms with van der Waals surface area (Å²) in [6.07, 6.45) is -0.784. The SMILES string of the molecule is CCOP(=O)(OCC)c1csc(C[C@H](NC(=O)OC(C)(C)C)C(=O)O)c1. The van der Waals surface area contributed by atoms with Crippen molar-refractivity contribution in [2.24, 2.45) is 0 Å². The van der Waals surface area contributed by atoms with Crippen molar-refractivity contribution in [1.29, 1.82) is 0 Å². The molecule has 0 aliphatic carbocycles. The van der Waals surface area contributed by atoms with Gasteiger partial charge in [0.05, 0.1) is 18.5 Å². The number of aliphatic carboxylic acids is 1. The number of carboxylic acid groups (broad SMARTS) is 1. The molecule has 0 radical (unpaired) electrons. The maximum Gasteiger partial charge on any atom is 0.408 e. The average molecular weight is 407 g/mol. The Labute approximate surface area is 157 Å². The first-order chi connectivity index (χ1) is 12.0. The summed E-state index contributed by atoms with van der Waals surface area (Å²) in [5, 5.41) is 13.7. The first-order valence-corrected chi connectivity index (χ1v) is 10.6. The molecule has 1 rings (SSSR count). The number of amides is 1. The Bertz CT molecular complexity index is 658. The van der Waals surface area contributed by atoms with Crippen LogP contribution in [-0.4, -0.2) is 42.0 Å². The predicted octanol–water partition coefficient (Wildman–Crippen LogP) is 3.16. The third-order valence-corrected chi connectivity index (χ3v) is 6.17. The smallest absolute Gasteiger partial charge is 0.408 e. The van der Waals surface area contributed by atoms with E-state index in [0.29, 0.717) is 10.2 Å². The molecule has 1 heterocycles. The highest BCUT2D eigenvalue weighted by molar-refractivity contribution is 7.62. The Morgan fingerprint density at radius 1 is 1.27 bits per heavy atom. The summed E-state index contributed by atoms with van der Waals surface area (Å²) < 4.78 is 28.4. The van der Waals surface area contributed by atoms with Crippen molar-refractivity contribution in [2.75, 3.05) is 13.2 Å². The first-order valence-electron chi connectivity index (χ1n) is 8.20. The van der Waals surface area contributed by atoms with Gasteiger partial charge in [-0.25, -0.2) is 9.59 Å². The monoisotopic (exact) mass is 407 g/mol. The van der Waals surface area contributed by atoms with Gasteiger partial charge in [0.25, 0.3) is 0 Å². The van der Waals surface area contributed by atoms with Crippen LogP contribution >= 0.6 is 18.9 Å². The third-order valence-electron chi connectivity index (χ3n) is 2.95. The lowest BCUT2D eigenvalue weighted by molar-refractivity contribution is -0.139. The van der Waals surface area contributed by atoms with Gasteiger partial charge < -0.3 is 24.2 Å². The molecule has 148 valence electrons. The molecule has 0 spiro atoms. The summed E-state index contributed by atoms with van der Waals surface area (Å²) >= 11 is 1.23. The molecule has 1 atom stereocenters. The Morgan fingerprint density at radius 3 is 2.31 bits per heavy atom. The largest absolute Gasteiger partial charge is 0.480 e. The van der Waals surface area contributed by atoms with E-state index >= 15 is 0 Å². The zero-order valence-corrected chi connectivity index (χ0v) is 17.3. The van der Waals surface area contributed by atoms with E-state index in [2.05, 4.69) is 5.32 Å². The molecule has 0 bridgehead atoms. The molecule has 0 aliphatic rings. The van der Waals surface area contributed by atoms with Crippen LogP contribution in [0, 0.1) is 0 Å². The number of carboxylic acids is 1. The molecule has 0 fully saturated rings. The molecule has 1 aromatic heterocycles. The second-order valence-corrected chi connectivity index (χ2v) is 9.37. The predicted molar refractivity (Wildman–Crippen MR) is 99.3 cm³/mol. The zero-order valence-electron chi connectivity index (χ0n) is 15.6. The lowest BCUT2D eigenvalue weighted by atomic mass is 10.2. The van der Waals surface area contributed by atoms with Crippen molar-refractivity contribution < 1.29 is 33.0 Å². The number of rotatable bonds is 9. The summed E-state index contributed by atoms with van der Waals surface area (Å²) in [6, 6.07) is 0.415. The number of thiophene rings is 1. The van der Waals surface area contributed by atoms with Crippen LogP contribution in [0.15, 0.2) is 11.4 Å². The molecule has 0 saturated carbocycles. The molecule has 0 aliphatic heterocycles. The molecule has 0 unspecified atom stereocenters. The molecular weight excluding hydrogens is 381 g/mol. The van der Waals surface area contributed by atoms with Crippen LogP contribution in [-0.2, 0) is 29.6 Å². The summed E-state index contributed by atoms with van der Waals surface area (Å²) in [6.45, 7) is 8.93. The summed E-state index contributed by atoms with van der Waals surface area (Å²) in [7, 11) is -3.42. The Morgan fingerprint density at radius 2 is 1.85 bits per heavy atom. The second-order valence-electron chi connectivity index (χ2n) is 6.35. The van der Waals surface area contributed by atoms with Gasteiger partial charge in [0.1, 0.15) is 11.6 Å². The van der Waals surface area contributed by atoms with Crippen LogP contribution in [0.25, 0.3) is 0 Å². The summed E-state index contributed by atoms with van der Waals surface area (Å²) in [5.74, 6) is -1.19. The van der Waals surface area contributed by atoms with Gasteiger partial charge in [-0.15, -0.1) is 11.3 Å². The Hall–Kier alpha value is -1.41. The van der Waals surface area contributed by atoms with Crippen LogP contribution in [0.2, 0.25) is 0 Å². The average Bonchev–Trinajstić information content (AvgIpc) is 2.94. The van der Waals surface area contributed by atoms with Crippen LogP contribution in [0.3, 0.4) is 0 Å². The number of carbonyl (C=O) groups is 2. The fraction of sp³-hybridized carbons (Fsp3) is 0.625. The zero-order chi connectivity index (χ0) is 20.0. The van der Waals surface area contributed by atoms with Crippen LogP contribution < -0.4 is 10.6 Å². The molecule has 0 saturated heterocycles. The third kappa shape index (κ3) is 7.07. The molecule has 1 aromatic rings. The minimum Gasteiger partial charge on any atom is -0.480 e. The Kier molecular flexibility index (Phi) is 8.27. The Balaban J connectivity index is 2.88. The van der Waals surface area contributed by atoms with Crippen molar-refractivity contribution >= 4 is 36.3 Å². The topological polar surface area (TPSA) is 111 Å². The van der Waals surface area contributed by atoms with Gasteiger partial charge in [0.2, 0.25) is 0 Å². The fourth-order valence-electron chi connectivity index (χ4n) is 2.00. The molecule has 1 amide bonds. The lowest BCUT2D eigenvalue weighted by Crippen LogP contribution is -2.44. The normalized spacial score (nSPS) is 13.3. The van der Waals surface area contributed by atoms with Gasteiger partial charge >= 0.3 is 19.7 Å². The number of carbonyl (C=O) groups excluding carboxylic acids is 1. The maximum absolute atomic E-state index is 12.7. The van der Waals surface area contributed by atoms with E-state index in [9.17, 15) is 19.3 Å². The highest BCUT2D eigenvalue weighted by Crippen LogP contribution is 2.47. The number of ether oxygens (including phenoxy) is 1. The molecular formula is C16H26NO7PS. The number of alkyl carbamates (subject to hydrolysis) is 1. The quantitative estimate of drug-likeness (QED) is 0.605. The molecule has 0 aromatic carbocycles. The standard InChI is InChI=1S/C16H26NO7PS/c1-6-22-25(21,23-7-2)11-8-12(26-10-11)9-13(14(18)19)17-15(20)24-16(3,4)5/h8,10,13H,6-7,9H2,1-5H3,(H,17,20)(H,18,19)/t13-/m0/s1. The molecule has 26 heavy (non-hydrogen) atoms. The number of hydrogen-bond donors (Lipinski definition) is 2. The van der Waals surface area contributed by atoms with E-state index < -0.39 is 31.3 Å². The van der Waals surface area contributed by atoms with E-state index in [1.165, 1.54) is 11.3 Å². The van der Waals surface area contributed by atoms with Crippen molar-refractivity contribution in [1.82, 2.24) is 5.32 Å². The second kappa shape index (κ2) is 9.50. The first kappa shape index (κ1) is 22.6. The molecule has 8 nitrogen and oxygen atoms in total. The van der Waals surface area contributed by atoms with Crippen molar-refractivity contribution in [3.8, 4) is 0 Å². The lowest BCUT2D eigenvalue weighted by Gasteiger charge is -2.21. The summed E-state index contributed by atoms with van der Waals surface area (Å²) in [4.78, 5) is 23.9. The van der Waals surface area contributed by atoms with Gasteiger partial charge in [-0.3, -0.25) is 4.57 Å². The fourth-order valence-corrected chi connectivity index (χ4v) is 4.92. The minimum atomic E-state index is -3.42. The summed E-state index contributed by atoms with van der Waals surface area (Å²) in [5.41, 5.74) is -0.731. The van der Waals surface area contributed by atoms with E-state index in [1.54, 1.807) is 46.1 Å². The highest BCUT2D eigenvalue weighted by Gasteiger charge is 2.30. The van der Waals surface area contributed by atoms with Gasteiger partial charge in [-0.2, -0.15) is 0 Å². The van der Waals surface area contributed by atoms with Gasteiger partial charge in [-0.05, 0) is 40.7 Å².